The summed E-state index contributed by atoms with van der Waals surface area (Å²) in [6.45, 7) is 7.00. The van der Waals surface area contributed by atoms with Crippen molar-refractivity contribution in [1.82, 2.24) is 20.1 Å². The molecule has 0 atom stereocenters. The first-order valence-corrected chi connectivity index (χ1v) is 5.66. The molecule has 0 bridgehead atoms. The van der Waals surface area contributed by atoms with Crippen LogP contribution in [0.5, 0.6) is 0 Å². The number of hydrogen-bond acceptors (Lipinski definition) is 4. The van der Waals surface area contributed by atoms with Crippen LogP contribution in [0.15, 0.2) is 0 Å². The molecule has 18 heavy (non-hydrogen) atoms. The number of anilines is 1. The van der Waals surface area contributed by atoms with Gasteiger partial charge in [-0.05, 0) is 6.92 Å². The molecule has 0 saturated heterocycles. The molecule has 100 valence electrons. The molecule has 0 unspecified atom stereocenters. The Kier molecular flexibility index (Phi) is 4.05. The van der Waals surface area contributed by atoms with Gasteiger partial charge in [-0.15, -0.1) is 0 Å². The number of hydrogen-bond donors (Lipinski definition) is 2. The summed E-state index contributed by atoms with van der Waals surface area (Å²) in [7, 11) is 1.68. The van der Waals surface area contributed by atoms with Crippen molar-refractivity contribution in [2.75, 3.05) is 11.9 Å². The van der Waals surface area contributed by atoms with Gasteiger partial charge in [0.25, 0.3) is 0 Å². The summed E-state index contributed by atoms with van der Waals surface area (Å²) in [4.78, 5) is 27.2. The molecular formula is C11H19N5O2. The Hall–Kier alpha value is -1.92. The van der Waals surface area contributed by atoms with Gasteiger partial charge < -0.3 is 5.32 Å². The van der Waals surface area contributed by atoms with E-state index < -0.39 is 5.41 Å². The van der Waals surface area contributed by atoms with Gasteiger partial charge in [0.1, 0.15) is 5.82 Å². The first-order chi connectivity index (χ1) is 8.20. The zero-order chi connectivity index (χ0) is 13.9. The van der Waals surface area contributed by atoms with E-state index in [0.717, 1.165) is 0 Å². The van der Waals surface area contributed by atoms with E-state index in [4.69, 9.17) is 0 Å². The maximum Gasteiger partial charge on any atom is 0.246 e. The SMILES string of the molecule is Cc1nc(NC(=O)CNC(=O)C(C)(C)C)n(C)n1. The number of carbonyl (C=O) groups is 2. The van der Waals surface area contributed by atoms with Crippen LogP contribution >= 0.6 is 0 Å². The average Bonchev–Trinajstić information content (AvgIpc) is 2.52. The molecule has 2 N–H and O–H groups in total. The quantitative estimate of drug-likeness (QED) is 0.806. The Bertz CT molecular complexity index is 458. The van der Waals surface area contributed by atoms with Crippen LogP contribution in [-0.2, 0) is 16.6 Å². The van der Waals surface area contributed by atoms with E-state index in [0.29, 0.717) is 11.8 Å². The van der Waals surface area contributed by atoms with Crippen molar-refractivity contribution < 1.29 is 9.59 Å². The van der Waals surface area contributed by atoms with Crippen LogP contribution in [0.25, 0.3) is 0 Å². The molecule has 2 amide bonds. The third-order valence-electron chi connectivity index (χ3n) is 2.21. The van der Waals surface area contributed by atoms with E-state index in [2.05, 4.69) is 20.7 Å². The van der Waals surface area contributed by atoms with Crippen LogP contribution < -0.4 is 10.6 Å². The predicted molar refractivity (Wildman–Crippen MR) is 66.8 cm³/mol. The first-order valence-electron chi connectivity index (χ1n) is 5.66. The van der Waals surface area contributed by atoms with Gasteiger partial charge in [0.15, 0.2) is 0 Å². The molecule has 1 rings (SSSR count). The fraction of sp³-hybridized carbons (Fsp3) is 0.636. The van der Waals surface area contributed by atoms with Crippen LogP contribution in [0.2, 0.25) is 0 Å². The monoisotopic (exact) mass is 253 g/mol. The zero-order valence-electron chi connectivity index (χ0n) is 11.4. The summed E-state index contributed by atoms with van der Waals surface area (Å²) < 4.78 is 1.47. The molecule has 1 heterocycles. The third-order valence-corrected chi connectivity index (χ3v) is 2.21. The van der Waals surface area contributed by atoms with Crippen molar-refractivity contribution in [3.8, 4) is 0 Å². The molecule has 0 fully saturated rings. The summed E-state index contributed by atoms with van der Waals surface area (Å²) in [5, 5.41) is 9.14. The third kappa shape index (κ3) is 3.83. The maximum absolute atomic E-state index is 11.6. The van der Waals surface area contributed by atoms with E-state index in [1.165, 1.54) is 4.68 Å². The number of aryl methyl sites for hydroxylation is 2. The second-order valence-corrected chi connectivity index (χ2v) is 5.09. The lowest BCUT2D eigenvalue weighted by Crippen LogP contribution is -2.39. The van der Waals surface area contributed by atoms with E-state index in [-0.39, 0.29) is 18.4 Å². The van der Waals surface area contributed by atoms with Crippen LogP contribution in [0.1, 0.15) is 26.6 Å². The Morgan fingerprint density at radius 1 is 1.33 bits per heavy atom. The standard InChI is InChI=1S/C11H19N5O2/c1-7-13-10(16(5)15-7)14-8(17)6-12-9(18)11(2,3)4/h6H2,1-5H3,(H,12,18)(H,13,14,15,17). The number of nitrogens with one attached hydrogen (secondary N) is 2. The second-order valence-electron chi connectivity index (χ2n) is 5.09. The fourth-order valence-corrected chi connectivity index (χ4v) is 1.22. The summed E-state index contributed by atoms with van der Waals surface area (Å²) in [6, 6.07) is 0. The largest absolute Gasteiger partial charge is 0.347 e. The van der Waals surface area contributed by atoms with Gasteiger partial charge in [-0.3, -0.25) is 14.9 Å². The Morgan fingerprint density at radius 3 is 2.39 bits per heavy atom. The van der Waals surface area contributed by atoms with E-state index in [1.807, 2.05) is 0 Å². The molecule has 0 aliphatic heterocycles. The zero-order valence-corrected chi connectivity index (χ0v) is 11.4. The Balaban J connectivity index is 2.48. The van der Waals surface area contributed by atoms with Gasteiger partial charge in [0, 0.05) is 12.5 Å². The minimum Gasteiger partial charge on any atom is -0.347 e. The molecule has 0 radical (unpaired) electrons. The second kappa shape index (κ2) is 5.16. The molecule has 1 aromatic heterocycles. The maximum atomic E-state index is 11.6. The predicted octanol–water partition coefficient (Wildman–Crippen LogP) is 0.224. The smallest absolute Gasteiger partial charge is 0.246 e. The summed E-state index contributed by atoms with van der Waals surface area (Å²) in [5.74, 6) is 0.434. The van der Waals surface area contributed by atoms with Crippen molar-refractivity contribution in [2.24, 2.45) is 12.5 Å². The van der Waals surface area contributed by atoms with E-state index in [9.17, 15) is 9.59 Å². The Labute approximate surface area is 106 Å². The molecule has 0 saturated carbocycles. The van der Waals surface area contributed by atoms with Crippen molar-refractivity contribution >= 4 is 17.8 Å². The lowest BCUT2D eigenvalue weighted by Gasteiger charge is -2.17. The molecule has 1 aromatic rings. The minimum atomic E-state index is -0.512. The van der Waals surface area contributed by atoms with E-state index >= 15 is 0 Å². The molecular weight excluding hydrogens is 234 g/mol. The van der Waals surface area contributed by atoms with Crippen LogP contribution in [0.3, 0.4) is 0 Å². The van der Waals surface area contributed by atoms with Crippen molar-refractivity contribution in [3.05, 3.63) is 5.82 Å². The lowest BCUT2D eigenvalue weighted by atomic mass is 9.96. The summed E-state index contributed by atoms with van der Waals surface area (Å²) >= 11 is 0. The molecule has 0 aliphatic carbocycles. The number of amides is 2. The van der Waals surface area contributed by atoms with E-state index in [1.54, 1.807) is 34.7 Å². The molecule has 7 heteroatoms. The van der Waals surface area contributed by atoms with Gasteiger partial charge in [-0.25, -0.2) is 4.68 Å². The normalized spacial score (nSPS) is 11.2. The number of rotatable bonds is 3. The van der Waals surface area contributed by atoms with Gasteiger partial charge in [0.2, 0.25) is 17.8 Å². The summed E-state index contributed by atoms with van der Waals surface area (Å²) in [5.41, 5.74) is -0.512. The highest BCUT2D eigenvalue weighted by Gasteiger charge is 2.21. The van der Waals surface area contributed by atoms with Gasteiger partial charge in [0.05, 0.1) is 6.54 Å². The lowest BCUT2D eigenvalue weighted by molar-refractivity contribution is -0.130. The Morgan fingerprint density at radius 2 is 1.94 bits per heavy atom. The number of nitrogens with zero attached hydrogens (tertiary/aromatic N) is 3. The van der Waals surface area contributed by atoms with Gasteiger partial charge in [-0.1, -0.05) is 20.8 Å². The summed E-state index contributed by atoms with van der Waals surface area (Å²) in [6.07, 6.45) is 0. The van der Waals surface area contributed by atoms with Crippen molar-refractivity contribution in [3.63, 3.8) is 0 Å². The highest BCUT2D eigenvalue weighted by molar-refractivity contribution is 5.94. The van der Waals surface area contributed by atoms with Crippen molar-refractivity contribution in [1.29, 1.82) is 0 Å². The van der Waals surface area contributed by atoms with Crippen molar-refractivity contribution in [2.45, 2.75) is 27.7 Å². The molecule has 0 aliphatic rings. The molecule has 7 nitrogen and oxygen atoms in total. The van der Waals surface area contributed by atoms with Gasteiger partial charge >= 0.3 is 0 Å². The van der Waals surface area contributed by atoms with Crippen LogP contribution in [-0.4, -0.2) is 33.1 Å². The number of carbonyl (C=O) groups excluding carboxylic acids is 2. The van der Waals surface area contributed by atoms with Crippen LogP contribution in [0, 0.1) is 12.3 Å². The highest BCUT2D eigenvalue weighted by Crippen LogP contribution is 2.12. The first kappa shape index (κ1) is 14.1. The van der Waals surface area contributed by atoms with Gasteiger partial charge in [-0.2, -0.15) is 10.1 Å². The topological polar surface area (TPSA) is 88.9 Å². The fourth-order valence-electron chi connectivity index (χ4n) is 1.22. The average molecular weight is 253 g/mol. The minimum absolute atomic E-state index is 0.0813. The molecule has 0 aromatic carbocycles. The number of aromatic nitrogens is 3. The molecule has 0 spiro atoms. The highest BCUT2D eigenvalue weighted by atomic mass is 16.2. The van der Waals surface area contributed by atoms with Crippen LogP contribution in [0.4, 0.5) is 5.95 Å².